The minimum Gasteiger partial charge on any atom is -0.325 e. The SMILES string of the molecule is C=CCn1c(CC(=O)Nc2ccccc2Cl)nnc1SCC(=O)Nc1cc(Cl)ccc1C. The minimum atomic E-state index is -0.276. The lowest BCUT2D eigenvalue weighted by Gasteiger charge is -2.10. The Kier molecular flexibility index (Phi) is 8.33. The summed E-state index contributed by atoms with van der Waals surface area (Å²) in [5, 5.41) is 15.4. The van der Waals surface area contributed by atoms with Gasteiger partial charge in [0, 0.05) is 17.3 Å². The molecule has 0 aliphatic heterocycles. The second-order valence-corrected chi connectivity index (χ2v) is 8.59. The van der Waals surface area contributed by atoms with Gasteiger partial charge in [-0.15, -0.1) is 16.8 Å². The molecule has 0 atom stereocenters. The zero-order valence-electron chi connectivity index (χ0n) is 17.3. The summed E-state index contributed by atoms with van der Waals surface area (Å²) >= 11 is 13.3. The highest BCUT2D eigenvalue weighted by Crippen LogP contribution is 2.23. The number of allylic oxidation sites excluding steroid dienone is 1. The van der Waals surface area contributed by atoms with E-state index in [4.69, 9.17) is 23.2 Å². The molecule has 3 rings (SSSR count). The third kappa shape index (κ3) is 6.35. The van der Waals surface area contributed by atoms with E-state index in [1.54, 1.807) is 47.0 Å². The Bertz CT molecular complexity index is 1150. The van der Waals surface area contributed by atoms with E-state index in [-0.39, 0.29) is 24.0 Å². The van der Waals surface area contributed by atoms with Gasteiger partial charge in [-0.25, -0.2) is 0 Å². The van der Waals surface area contributed by atoms with Crippen LogP contribution in [0.4, 0.5) is 11.4 Å². The molecule has 1 aromatic heterocycles. The molecule has 0 saturated carbocycles. The number of rotatable bonds is 9. The maximum Gasteiger partial charge on any atom is 0.234 e. The molecule has 166 valence electrons. The highest BCUT2D eigenvalue weighted by atomic mass is 35.5. The Morgan fingerprint density at radius 2 is 1.84 bits per heavy atom. The largest absolute Gasteiger partial charge is 0.325 e. The summed E-state index contributed by atoms with van der Waals surface area (Å²) < 4.78 is 1.75. The van der Waals surface area contributed by atoms with Crippen LogP contribution in [-0.4, -0.2) is 32.3 Å². The van der Waals surface area contributed by atoms with E-state index in [9.17, 15) is 9.59 Å². The average Bonchev–Trinajstić information content (AvgIpc) is 3.12. The standard InChI is InChI=1S/C22H21Cl2N5O2S/c1-3-10-29-19(12-20(30)25-17-7-5-4-6-16(17)24)27-28-22(29)32-13-21(31)26-18-11-15(23)9-8-14(18)2/h3-9,11H,1,10,12-13H2,2H3,(H,25,30)(H,26,31). The number of hydrogen-bond donors (Lipinski definition) is 2. The summed E-state index contributed by atoms with van der Waals surface area (Å²) in [6, 6.07) is 12.3. The summed E-state index contributed by atoms with van der Waals surface area (Å²) in [7, 11) is 0. The number of anilines is 2. The van der Waals surface area contributed by atoms with Crippen LogP contribution in [0.15, 0.2) is 60.3 Å². The first kappa shape index (κ1) is 23.8. The third-order valence-electron chi connectivity index (χ3n) is 4.38. The number of nitrogens with zero attached hydrogens (tertiary/aromatic N) is 3. The third-order valence-corrected chi connectivity index (χ3v) is 5.91. The summed E-state index contributed by atoms with van der Waals surface area (Å²) in [6.07, 6.45) is 1.68. The van der Waals surface area contributed by atoms with Crippen LogP contribution in [0.3, 0.4) is 0 Å². The number of thioether (sulfide) groups is 1. The first-order valence-corrected chi connectivity index (χ1v) is 11.4. The molecule has 0 radical (unpaired) electrons. The van der Waals surface area contributed by atoms with E-state index in [0.29, 0.717) is 38.9 Å². The second kappa shape index (κ2) is 11.2. The fourth-order valence-electron chi connectivity index (χ4n) is 2.81. The molecule has 0 spiro atoms. The second-order valence-electron chi connectivity index (χ2n) is 6.80. The molecule has 0 unspecified atom stereocenters. The average molecular weight is 490 g/mol. The Balaban J connectivity index is 1.64. The van der Waals surface area contributed by atoms with Crippen LogP contribution >= 0.6 is 35.0 Å². The van der Waals surface area contributed by atoms with Crippen molar-refractivity contribution in [2.45, 2.75) is 25.0 Å². The quantitative estimate of drug-likeness (QED) is 0.326. The number of hydrogen-bond acceptors (Lipinski definition) is 5. The van der Waals surface area contributed by atoms with Gasteiger partial charge in [-0.1, -0.05) is 59.2 Å². The minimum absolute atomic E-state index is 0.000525. The zero-order chi connectivity index (χ0) is 23.1. The van der Waals surface area contributed by atoms with Crippen molar-refractivity contribution in [3.8, 4) is 0 Å². The summed E-state index contributed by atoms with van der Waals surface area (Å²) in [4.78, 5) is 24.9. The Morgan fingerprint density at radius 1 is 1.09 bits per heavy atom. The van der Waals surface area contributed by atoms with Gasteiger partial charge in [0.1, 0.15) is 5.82 Å². The Morgan fingerprint density at radius 3 is 2.59 bits per heavy atom. The van der Waals surface area contributed by atoms with Crippen molar-refractivity contribution in [2.24, 2.45) is 0 Å². The van der Waals surface area contributed by atoms with Crippen LogP contribution in [0.25, 0.3) is 0 Å². The van der Waals surface area contributed by atoms with Crippen LogP contribution in [0.1, 0.15) is 11.4 Å². The molecule has 10 heteroatoms. The lowest BCUT2D eigenvalue weighted by molar-refractivity contribution is -0.116. The number of halogens is 2. The molecule has 0 aliphatic rings. The van der Waals surface area contributed by atoms with Gasteiger partial charge in [0.25, 0.3) is 0 Å². The molecule has 7 nitrogen and oxygen atoms in total. The summed E-state index contributed by atoms with van der Waals surface area (Å²) in [5.74, 6) is 0.101. The molecule has 0 fully saturated rings. The van der Waals surface area contributed by atoms with Crippen molar-refractivity contribution in [3.63, 3.8) is 0 Å². The van der Waals surface area contributed by atoms with Crippen molar-refractivity contribution in [2.75, 3.05) is 16.4 Å². The Labute approximate surface area is 200 Å². The van der Waals surface area contributed by atoms with Crippen molar-refractivity contribution < 1.29 is 9.59 Å². The zero-order valence-corrected chi connectivity index (χ0v) is 19.6. The Hall–Kier alpha value is -2.81. The predicted molar refractivity (Wildman–Crippen MR) is 130 cm³/mol. The van der Waals surface area contributed by atoms with Gasteiger partial charge in [0.05, 0.1) is 22.9 Å². The summed E-state index contributed by atoms with van der Waals surface area (Å²) in [6.45, 7) is 6.04. The van der Waals surface area contributed by atoms with Gasteiger partial charge in [-0.3, -0.25) is 9.59 Å². The molecule has 0 aliphatic carbocycles. The number of aromatic nitrogens is 3. The maximum atomic E-state index is 12.5. The number of carbonyl (C=O) groups excluding carboxylic acids is 2. The number of para-hydroxylation sites is 1. The summed E-state index contributed by atoms with van der Waals surface area (Å²) in [5.41, 5.74) is 2.10. The van der Waals surface area contributed by atoms with Gasteiger partial charge in [-0.2, -0.15) is 0 Å². The number of aryl methyl sites for hydroxylation is 1. The molecule has 3 aromatic rings. The topological polar surface area (TPSA) is 88.9 Å². The van der Waals surface area contributed by atoms with Gasteiger partial charge in [0.2, 0.25) is 11.8 Å². The lowest BCUT2D eigenvalue weighted by atomic mass is 10.2. The van der Waals surface area contributed by atoms with Crippen molar-refractivity contribution in [1.82, 2.24) is 14.8 Å². The van der Waals surface area contributed by atoms with E-state index in [1.807, 2.05) is 13.0 Å². The van der Waals surface area contributed by atoms with Crippen LogP contribution in [0, 0.1) is 6.92 Å². The molecule has 2 N–H and O–H groups in total. The van der Waals surface area contributed by atoms with Gasteiger partial charge < -0.3 is 15.2 Å². The monoisotopic (exact) mass is 489 g/mol. The number of nitrogens with one attached hydrogen (secondary N) is 2. The molecule has 2 amide bonds. The maximum absolute atomic E-state index is 12.5. The van der Waals surface area contributed by atoms with Gasteiger partial charge >= 0.3 is 0 Å². The number of carbonyl (C=O) groups is 2. The van der Waals surface area contributed by atoms with E-state index in [1.165, 1.54) is 11.8 Å². The molecule has 1 heterocycles. The van der Waals surface area contributed by atoms with E-state index >= 15 is 0 Å². The van der Waals surface area contributed by atoms with Crippen LogP contribution in [0.5, 0.6) is 0 Å². The molecule has 32 heavy (non-hydrogen) atoms. The normalized spacial score (nSPS) is 10.6. The van der Waals surface area contributed by atoms with Crippen LogP contribution < -0.4 is 10.6 Å². The highest BCUT2D eigenvalue weighted by Gasteiger charge is 2.17. The molecule has 0 bridgehead atoms. The first-order valence-electron chi connectivity index (χ1n) is 9.63. The first-order chi connectivity index (χ1) is 15.4. The van der Waals surface area contributed by atoms with E-state index in [0.717, 1.165) is 5.56 Å². The van der Waals surface area contributed by atoms with Crippen LogP contribution in [-0.2, 0) is 22.6 Å². The van der Waals surface area contributed by atoms with Crippen molar-refractivity contribution in [3.05, 3.63) is 76.6 Å². The molecular weight excluding hydrogens is 469 g/mol. The molecular formula is C22H21Cl2N5O2S. The van der Waals surface area contributed by atoms with Crippen LogP contribution in [0.2, 0.25) is 10.0 Å². The fraction of sp³-hybridized carbons (Fsp3) is 0.182. The molecule has 0 saturated heterocycles. The van der Waals surface area contributed by atoms with Crippen molar-refractivity contribution >= 4 is 58.2 Å². The molecule has 2 aromatic carbocycles. The predicted octanol–water partition coefficient (Wildman–Crippen LogP) is 4.99. The van der Waals surface area contributed by atoms with Crippen molar-refractivity contribution in [1.29, 1.82) is 0 Å². The van der Waals surface area contributed by atoms with Gasteiger partial charge in [-0.05, 0) is 36.8 Å². The van der Waals surface area contributed by atoms with Gasteiger partial charge in [0.15, 0.2) is 5.16 Å². The number of benzene rings is 2. The van der Waals surface area contributed by atoms with E-state index < -0.39 is 0 Å². The lowest BCUT2D eigenvalue weighted by Crippen LogP contribution is -2.18. The fourth-order valence-corrected chi connectivity index (χ4v) is 3.94. The van der Waals surface area contributed by atoms with E-state index in [2.05, 4.69) is 27.4 Å². The number of amides is 2. The smallest absolute Gasteiger partial charge is 0.234 e. The highest BCUT2D eigenvalue weighted by molar-refractivity contribution is 7.99.